The minimum Gasteiger partial charge on any atom is -0.425 e. The van der Waals surface area contributed by atoms with Crippen LogP contribution >= 0.6 is 11.6 Å². The van der Waals surface area contributed by atoms with Crippen LogP contribution in [0.5, 0.6) is 5.75 Å². The lowest BCUT2D eigenvalue weighted by Gasteiger charge is -2.15. The Balaban J connectivity index is 1.65. The highest BCUT2D eigenvalue weighted by molar-refractivity contribution is 6.30. The number of aromatic nitrogens is 3. The number of ether oxygens (including phenoxy) is 1. The van der Waals surface area contributed by atoms with Gasteiger partial charge >= 0.3 is 5.97 Å². The molecule has 0 unspecified atom stereocenters. The second kappa shape index (κ2) is 12.5. The third kappa shape index (κ3) is 6.41. The molecule has 0 bridgehead atoms. The van der Waals surface area contributed by atoms with Crippen molar-refractivity contribution in [1.82, 2.24) is 14.6 Å². The van der Waals surface area contributed by atoms with E-state index in [0.717, 1.165) is 40.8 Å². The first-order valence-electron chi connectivity index (χ1n) is 13.6. The lowest BCUT2D eigenvalue weighted by molar-refractivity contribution is -0.136. The number of unbranched alkanes of at least 4 members (excludes halogenated alkanes) is 1. The predicted molar refractivity (Wildman–Crippen MR) is 162 cm³/mol. The molecular formula is C32H32ClN5O3. The van der Waals surface area contributed by atoms with Crippen molar-refractivity contribution in [3.63, 3.8) is 0 Å². The van der Waals surface area contributed by atoms with Crippen molar-refractivity contribution in [2.45, 2.75) is 38.6 Å². The Kier molecular flexibility index (Phi) is 8.64. The molecule has 41 heavy (non-hydrogen) atoms. The molecule has 0 fully saturated rings. The number of aromatic amines is 1. The number of benzene rings is 3. The number of esters is 1. The number of carbonyl (C=O) groups excluding carboxylic acids is 1. The number of rotatable bonds is 10. The minimum absolute atomic E-state index is 0.310. The Labute approximate surface area is 242 Å². The van der Waals surface area contributed by atoms with Gasteiger partial charge in [-0.3, -0.25) is 4.79 Å². The van der Waals surface area contributed by atoms with E-state index >= 15 is 0 Å². The lowest BCUT2D eigenvalue weighted by Crippen LogP contribution is -2.34. The Morgan fingerprint density at radius 1 is 1.05 bits per heavy atom. The van der Waals surface area contributed by atoms with E-state index < -0.39 is 12.0 Å². The Hall–Kier alpha value is -4.24. The molecular weight excluding hydrogens is 538 g/mol. The van der Waals surface area contributed by atoms with Crippen molar-refractivity contribution in [2.75, 3.05) is 6.54 Å². The van der Waals surface area contributed by atoms with Crippen molar-refractivity contribution < 1.29 is 9.53 Å². The first-order chi connectivity index (χ1) is 19.8. The van der Waals surface area contributed by atoms with E-state index in [1.165, 1.54) is 6.07 Å². The summed E-state index contributed by atoms with van der Waals surface area (Å²) in [5.74, 6) is -0.230. The van der Waals surface area contributed by atoms with Crippen LogP contribution in [0.1, 0.15) is 36.1 Å². The minimum atomic E-state index is -0.784. The van der Waals surface area contributed by atoms with Gasteiger partial charge in [-0.1, -0.05) is 66.6 Å². The topological polar surface area (TPSA) is 128 Å². The molecule has 210 valence electrons. The normalized spacial score (nSPS) is 12.0. The highest BCUT2D eigenvalue weighted by Crippen LogP contribution is 2.35. The largest absolute Gasteiger partial charge is 0.425 e. The molecule has 0 aliphatic heterocycles. The van der Waals surface area contributed by atoms with Crippen LogP contribution in [0.25, 0.3) is 28.0 Å². The van der Waals surface area contributed by atoms with Gasteiger partial charge in [0.15, 0.2) is 0 Å². The third-order valence-corrected chi connectivity index (χ3v) is 7.19. The number of H-pyrrole nitrogens is 1. The number of hydrogen-bond acceptors (Lipinski definition) is 6. The summed E-state index contributed by atoms with van der Waals surface area (Å²) in [4.78, 5) is 29.0. The van der Waals surface area contributed by atoms with Gasteiger partial charge < -0.3 is 21.2 Å². The van der Waals surface area contributed by atoms with Crippen LogP contribution in [0.15, 0.2) is 83.7 Å². The Bertz CT molecular complexity index is 1730. The third-order valence-electron chi connectivity index (χ3n) is 6.94. The molecule has 2 heterocycles. The fourth-order valence-corrected chi connectivity index (χ4v) is 4.98. The van der Waals surface area contributed by atoms with Gasteiger partial charge in [-0.2, -0.15) is 5.10 Å². The molecule has 3 aromatic carbocycles. The predicted octanol–water partition coefficient (Wildman–Crippen LogP) is 5.27. The van der Waals surface area contributed by atoms with Crippen LogP contribution in [0.2, 0.25) is 5.02 Å². The zero-order valence-corrected chi connectivity index (χ0v) is 23.5. The van der Waals surface area contributed by atoms with Crippen molar-refractivity contribution in [3.05, 3.63) is 111 Å². The number of carbonyl (C=O) groups is 1. The van der Waals surface area contributed by atoms with Crippen LogP contribution < -0.4 is 21.8 Å². The highest BCUT2D eigenvalue weighted by atomic mass is 35.5. The SMILES string of the molecule is Cc1ccc(-c2cc(=O)[nH]c3c(-c4ccc(Cl)cc4)c(Cc4ccccc4)nn23)c(OC(=O)[C@@H](N)CCCCN)c1. The van der Waals surface area contributed by atoms with Gasteiger partial charge in [-0.25, -0.2) is 9.31 Å². The summed E-state index contributed by atoms with van der Waals surface area (Å²) in [6.07, 6.45) is 2.52. The first kappa shape index (κ1) is 28.3. The maximum absolute atomic E-state index is 13.1. The van der Waals surface area contributed by atoms with E-state index in [2.05, 4.69) is 4.98 Å². The van der Waals surface area contributed by atoms with Gasteiger partial charge in [0.1, 0.15) is 17.4 Å². The standard InChI is InChI=1S/C32H32ClN5O3/c1-20-10-15-24(28(17-20)41-32(40)25(35)9-5-6-16-34)27-19-29(39)36-31-30(22-11-13-23(33)14-12-22)26(37-38(27)31)18-21-7-3-2-4-8-21/h2-4,7-8,10-15,17,19,25H,5-6,9,16,18,34-35H2,1H3,(H,36,39)/t25-/m0/s1. The Morgan fingerprint density at radius 3 is 2.54 bits per heavy atom. The summed E-state index contributed by atoms with van der Waals surface area (Å²) in [7, 11) is 0. The summed E-state index contributed by atoms with van der Waals surface area (Å²) >= 11 is 6.19. The number of nitrogens with zero attached hydrogens (tertiary/aromatic N) is 2. The maximum atomic E-state index is 13.1. The van der Waals surface area contributed by atoms with Gasteiger partial charge in [-0.05, 0) is 67.3 Å². The van der Waals surface area contributed by atoms with Crippen molar-refractivity contribution in [1.29, 1.82) is 0 Å². The Morgan fingerprint density at radius 2 is 1.80 bits per heavy atom. The monoisotopic (exact) mass is 569 g/mol. The van der Waals surface area contributed by atoms with Gasteiger partial charge in [0.25, 0.3) is 5.56 Å². The molecule has 0 amide bonds. The van der Waals surface area contributed by atoms with E-state index in [0.29, 0.717) is 47.1 Å². The molecule has 0 saturated heterocycles. The average molecular weight is 570 g/mol. The molecule has 8 nitrogen and oxygen atoms in total. The van der Waals surface area contributed by atoms with Crippen molar-refractivity contribution in [2.24, 2.45) is 11.5 Å². The molecule has 0 saturated carbocycles. The fourth-order valence-electron chi connectivity index (χ4n) is 4.85. The van der Waals surface area contributed by atoms with E-state index in [1.807, 2.05) is 73.7 Å². The molecule has 2 aromatic heterocycles. The number of nitrogens with one attached hydrogen (secondary N) is 1. The molecule has 9 heteroatoms. The van der Waals surface area contributed by atoms with E-state index in [-0.39, 0.29) is 5.56 Å². The molecule has 0 spiro atoms. The van der Waals surface area contributed by atoms with E-state index in [9.17, 15) is 9.59 Å². The summed E-state index contributed by atoms with van der Waals surface area (Å²) in [6.45, 7) is 2.44. The molecule has 5 rings (SSSR count). The molecule has 5 N–H and O–H groups in total. The molecule has 0 aliphatic carbocycles. The second-order valence-corrected chi connectivity index (χ2v) is 10.5. The van der Waals surface area contributed by atoms with Gasteiger partial charge in [0.2, 0.25) is 0 Å². The van der Waals surface area contributed by atoms with Crippen molar-refractivity contribution in [3.8, 4) is 28.1 Å². The van der Waals surface area contributed by atoms with Crippen LogP contribution in [-0.2, 0) is 11.2 Å². The summed E-state index contributed by atoms with van der Waals surface area (Å²) in [5, 5.41) is 5.60. The lowest BCUT2D eigenvalue weighted by atomic mass is 10.0. The summed E-state index contributed by atoms with van der Waals surface area (Å²) in [6, 6.07) is 23.6. The van der Waals surface area contributed by atoms with Gasteiger partial charge in [-0.15, -0.1) is 0 Å². The quantitative estimate of drug-likeness (QED) is 0.119. The smallest absolute Gasteiger partial charge is 0.328 e. The molecule has 5 aromatic rings. The van der Waals surface area contributed by atoms with E-state index in [4.69, 9.17) is 32.9 Å². The number of fused-ring (bicyclic) bond motifs is 1. The average Bonchev–Trinajstić information content (AvgIpc) is 3.31. The van der Waals surface area contributed by atoms with Crippen LogP contribution in [0.4, 0.5) is 0 Å². The maximum Gasteiger partial charge on any atom is 0.328 e. The zero-order valence-electron chi connectivity index (χ0n) is 22.8. The molecule has 1 atom stereocenters. The number of halogens is 1. The molecule has 0 aliphatic rings. The van der Waals surface area contributed by atoms with Crippen LogP contribution in [0, 0.1) is 6.92 Å². The highest BCUT2D eigenvalue weighted by Gasteiger charge is 2.23. The molecule has 0 radical (unpaired) electrons. The van der Waals surface area contributed by atoms with Gasteiger partial charge in [0, 0.05) is 28.6 Å². The fraction of sp³-hybridized carbons (Fsp3) is 0.219. The number of nitrogens with two attached hydrogens (primary N) is 2. The van der Waals surface area contributed by atoms with Crippen molar-refractivity contribution >= 4 is 23.2 Å². The second-order valence-electron chi connectivity index (χ2n) is 10.1. The van der Waals surface area contributed by atoms with Crippen LogP contribution in [0.3, 0.4) is 0 Å². The first-order valence-corrected chi connectivity index (χ1v) is 13.9. The summed E-state index contributed by atoms with van der Waals surface area (Å²) < 4.78 is 7.53. The van der Waals surface area contributed by atoms with E-state index in [1.54, 1.807) is 10.6 Å². The van der Waals surface area contributed by atoms with Gasteiger partial charge in [0.05, 0.1) is 11.4 Å². The zero-order chi connectivity index (χ0) is 28.9. The number of aryl methyl sites for hydroxylation is 1. The number of hydrogen-bond donors (Lipinski definition) is 3. The summed E-state index contributed by atoms with van der Waals surface area (Å²) in [5.41, 5.74) is 17.3. The van der Waals surface area contributed by atoms with Crippen LogP contribution in [-0.4, -0.2) is 33.2 Å².